The number of nitrogens with zero attached hydrogens (tertiary/aromatic N) is 2. The molecule has 2 aromatic carbocycles. The zero-order chi connectivity index (χ0) is 16.1. The van der Waals surface area contributed by atoms with Crippen molar-refractivity contribution in [2.75, 3.05) is 11.9 Å². The van der Waals surface area contributed by atoms with Crippen LogP contribution in [0.1, 0.15) is 5.56 Å². The van der Waals surface area contributed by atoms with Gasteiger partial charge in [-0.15, -0.1) is 11.3 Å². The van der Waals surface area contributed by atoms with E-state index in [0.717, 1.165) is 16.7 Å². The molecule has 0 spiro atoms. The maximum absolute atomic E-state index is 12.2. The highest BCUT2D eigenvalue weighted by molar-refractivity contribution is 7.13. The number of likely N-dealkylation sites (N-methyl/N-ethyl adjacent to an activating group) is 1. The van der Waals surface area contributed by atoms with Crippen LogP contribution in [0.25, 0.3) is 17.2 Å². The lowest BCUT2D eigenvalue weighted by molar-refractivity contribution is -0.113. The molecular formula is C19H16N2OS. The van der Waals surface area contributed by atoms with E-state index in [1.54, 1.807) is 24.2 Å². The molecule has 1 aromatic heterocycles. The fraction of sp³-hybridized carbons (Fsp3) is 0.0526. The number of thiazole rings is 1. The van der Waals surface area contributed by atoms with Crippen LogP contribution >= 0.6 is 11.3 Å². The van der Waals surface area contributed by atoms with Crippen LogP contribution in [-0.4, -0.2) is 17.9 Å². The van der Waals surface area contributed by atoms with Gasteiger partial charge in [0.2, 0.25) is 0 Å². The molecule has 3 aromatic rings. The zero-order valence-corrected chi connectivity index (χ0v) is 13.5. The maximum Gasteiger partial charge on any atom is 0.252 e. The van der Waals surface area contributed by atoms with E-state index < -0.39 is 0 Å². The van der Waals surface area contributed by atoms with Gasteiger partial charge in [0.15, 0.2) is 5.13 Å². The lowest BCUT2D eigenvalue weighted by Gasteiger charge is -2.10. The van der Waals surface area contributed by atoms with Gasteiger partial charge in [0, 0.05) is 24.7 Å². The SMILES string of the molecule is CN(C(=O)C=Cc1cccc(-c2ccccc2)c1)c1nccs1. The lowest BCUT2D eigenvalue weighted by Crippen LogP contribution is -2.23. The van der Waals surface area contributed by atoms with Crippen molar-refractivity contribution in [3.05, 3.63) is 77.8 Å². The number of benzene rings is 2. The first-order valence-electron chi connectivity index (χ1n) is 7.25. The number of hydrogen-bond donors (Lipinski definition) is 0. The molecule has 0 unspecified atom stereocenters. The van der Waals surface area contributed by atoms with Crippen LogP contribution in [0.3, 0.4) is 0 Å². The minimum Gasteiger partial charge on any atom is -0.288 e. The minimum absolute atomic E-state index is 0.0925. The molecular weight excluding hydrogens is 304 g/mol. The van der Waals surface area contributed by atoms with E-state index in [2.05, 4.69) is 29.2 Å². The largest absolute Gasteiger partial charge is 0.288 e. The molecule has 0 fully saturated rings. The van der Waals surface area contributed by atoms with Gasteiger partial charge >= 0.3 is 0 Å². The van der Waals surface area contributed by atoms with Gasteiger partial charge in [-0.05, 0) is 28.8 Å². The van der Waals surface area contributed by atoms with Crippen LogP contribution in [0, 0.1) is 0 Å². The molecule has 23 heavy (non-hydrogen) atoms. The van der Waals surface area contributed by atoms with E-state index in [1.807, 2.05) is 41.8 Å². The van der Waals surface area contributed by atoms with E-state index in [1.165, 1.54) is 11.3 Å². The second-order valence-corrected chi connectivity index (χ2v) is 5.91. The van der Waals surface area contributed by atoms with Gasteiger partial charge in [0.05, 0.1) is 0 Å². The highest BCUT2D eigenvalue weighted by atomic mass is 32.1. The predicted molar refractivity (Wildman–Crippen MR) is 96.4 cm³/mol. The molecule has 1 amide bonds. The Morgan fingerprint density at radius 2 is 1.87 bits per heavy atom. The van der Waals surface area contributed by atoms with Crippen LogP contribution in [-0.2, 0) is 4.79 Å². The van der Waals surface area contributed by atoms with Crippen molar-refractivity contribution in [3.8, 4) is 11.1 Å². The van der Waals surface area contributed by atoms with Crippen molar-refractivity contribution in [2.24, 2.45) is 0 Å². The summed E-state index contributed by atoms with van der Waals surface area (Å²) in [5, 5.41) is 2.55. The fourth-order valence-corrected chi connectivity index (χ4v) is 2.82. The topological polar surface area (TPSA) is 33.2 Å². The van der Waals surface area contributed by atoms with Crippen molar-refractivity contribution in [2.45, 2.75) is 0 Å². The Balaban J connectivity index is 1.76. The van der Waals surface area contributed by atoms with Crippen molar-refractivity contribution in [1.29, 1.82) is 0 Å². The first-order valence-corrected chi connectivity index (χ1v) is 8.13. The summed E-state index contributed by atoms with van der Waals surface area (Å²) in [4.78, 5) is 17.9. The van der Waals surface area contributed by atoms with Crippen LogP contribution in [0.4, 0.5) is 5.13 Å². The molecule has 3 rings (SSSR count). The highest BCUT2D eigenvalue weighted by Gasteiger charge is 2.09. The molecule has 1 heterocycles. The van der Waals surface area contributed by atoms with Gasteiger partial charge in [-0.25, -0.2) is 4.98 Å². The highest BCUT2D eigenvalue weighted by Crippen LogP contribution is 2.21. The quantitative estimate of drug-likeness (QED) is 0.664. The molecule has 114 valence electrons. The summed E-state index contributed by atoms with van der Waals surface area (Å²) in [6.07, 6.45) is 5.10. The summed E-state index contributed by atoms with van der Waals surface area (Å²) in [6.45, 7) is 0. The Morgan fingerprint density at radius 1 is 1.09 bits per heavy atom. The molecule has 0 aliphatic carbocycles. The average molecular weight is 320 g/mol. The van der Waals surface area contributed by atoms with E-state index in [9.17, 15) is 4.79 Å². The summed E-state index contributed by atoms with van der Waals surface area (Å²) in [5.41, 5.74) is 3.29. The Kier molecular flexibility index (Phi) is 4.64. The molecule has 0 saturated carbocycles. The van der Waals surface area contributed by atoms with Crippen LogP contribution in [0.15, 0.2) is 72.3 Å². The summed E-state index contributed by atoms with van der Waals surface area (Å²) in [7, 11) is 1.73. The molecule has 0 atom stereocenters. The van der Waals surface area contributed by atoms with Crippen molar-refractivity contribution < 1.29 is 4.79 Å². The van der Waals surface area contributed by atoms with Gasteiger partial charge < -0.3 is 0 Å². The van der Waals surface area contributed by atoms with Gasteiger partial charge in [-0.3, -0.25) is 9.69 Å². The van der Waals surface area contributed by atoms with Gasteiger partial charge in [0.1, 0.15) is 0 Å². The fourth-order valence-electron chi connectivity index (χ4n) is 2.21. The summed E-state index contributed by atoms with van der Waals surface area (Å²) >= 11 is 1.44. The number of amides is 1. The minimum atomic E-state index is -0.0925. The number of hydrogen-bond acceptors (Lipinski definition) is 3. The summed E-state index contributed by atoms with van der Waals surface area (Å²) in [5.74, 6) is -0.0925. The molecule has 0 saturated heterocycles. The second kappa shape index (κ2) is 7.03. The van der Waals surface area contributed by atoms with Crippen LogP contribution in [0.5, 0.6) is 0 Å². The number of rotatable bonds is 4. The standard InChI is InChI=1S/C19H16N2OS/c1-21(19-20-12-13-23-19)18(22)11-10-15-6-5-9-17(14-15)16-7-3-2-4-8-16/h2-14H,1H3. The number of carbonyl (C=O) groups excluding carboxylic acids is 1. The molecule has 0 radical (unpaired) electrons. The molecule has 0 aliphatic heterocycles. The Morgan fingerprint density at radius 3 is 2.61 bits per heavy atom. The normalized spacial score (nSPS) is 10.8. The summed E-state index contributed by atoms with van der Waals surface area (Å²) < 4.78 is 0. The van der Waals surface area contributed by atoms with Gasteiger partial charge in [-0.1, -0.05) is 48.5 Å². The number of carbonyl (C=O) groups is 1. The first-order chi connectivity index (χ1) is 11.2. The van der Waals surface area contributed by atoms with E-state index >= 15 is 0 Å². The van der Waals surface area contributed by atoms with E-state index in [-0.39, 0.29) is 5.91 Å². The lowest BCUT2D eigenvalue weighted by atomic mass is 10.0. The Hall–Kier alpha value is -2.72. The molecule has 4 heteroatoms. The van der Waals surface area contributed by atoms with Gasteiger partial charge in [0.25, 0.3) is 5.91 Å². The van der Waals surface area contributed by atoms with Crippen molar-refractivity contribution >= 4 is 28.5 Å². The zero-order valence-electron chi connectivity index (χ0n) is 12.7. The molecule has 0 bridgehead atoms. The second-order valence-electron chi connectivity index (χ2n) is 5.04. The van der Waals surface area contributed by atoms with E-state index in [4.69, 9.17) is 0 Å². The maximum atomic E-state index is 12.2. The molecule has 0 aliphatic rings. The number of anilines is 1. The third-order valence-corrected chi connectivity index (χ3v) is 4.30. The van der Waals surface area contributed by atoms with Gasteiger partial charge in [-0.2, -0.15) is 0 Å². The van der Waals surface area contributed by atoms with Crippen molar-refractivity contribution in [1.82, 2.24) is 4.98 Å². The van der Waals surface area contributed by atoms with Crippen LogP contribution < -0.4 is 4.90 Å². The van der Waals surface area contributed by atoms with Crippen molar-refractivity contribution in [3.63, 3.8) is 0 Å². The average Bonchev–Trinajstić information content (AvgIpc) is 3.14. The Bertz CT molecular complexity index is 810. The first kappa shape index (κ1) is 15.2. The predicted octanol–water partition coefficient (Wildman–Crippen LogP) is 4.49. The third kappa shape index (κ3) is 3.73. The van der Waals surface area contributed by atoms with Crippen LogP contribution in [0.2, 0.25) is 0 Å². The number of aromatic nitrogens is 1. The monoisotopic (exact) mass is 320 g/mol. The van der Waals surface area contributed by atoms with E-state index in [0.29, 0.717) is 5.13 Å². The smallest absolute Gasteiger partial charge is 0.252 e. The molecule has 0 N–H and O–H groups in total. The summed E-state index contributed by atoms with van der Waals surface area (Å²) in [6, 6.07) is 18.3. The Labute approximate surface area is 139 Å². The third-order valence-electron chi connectivity index (χ3n) is 3.45. The molecule has 3 nitrogen and oxygen atoms in total.